The minimum atomic E-state index is 0.330. The van der Waals surface area contributed by atoms with E-state index in [1.807, 2.05) is 0 Å². The minimum Gasteiger partial charge on any atom is -0.396 e. The maximum Gasteiger partial charge on any atom is 0.0779 e. The van der Waals surface area contributed by atoms with Crippen molar-refractivity contribution in [2.45, 2.75) is 44.9 Å². The third kappa shape index (κ3) is 4.38. The van der Waals surface area contributed by atoms with Gasteiger partial charge in [0.2, 0.25) is 0 Å². The molecule has 82 valence electrons. The summed E-state index contributed by atoms with van der Waals surface area (Å²) in [5.41, 5.74) is 0. The molecule has 3 heteroatoms. The first-order valence-electron chi connectivity index (χ1n) is 5.73. The predicted molar refractivity (Wildman–Crippen MR) is 63.6 cm³/mol. The summed E-state index contributed by atoms with van der Waals surface area (Å²) >= 11 is 5.37. The van der Waals surface area contributed by atoms with Crippen molar-refractivity contribution in [1.29, 1.82) is 0 Å². The Morgan fingerprint density at radius 3 is 2.36 bits per heavy atom. The summed E-state index contributed by atoms with van der Waals surface area (Å²) < 4.78 is 0. The Morgan fingerprint density at radius 2 is 1.71 bits per heavy atom. The Morgan fingerprint density at radius 1 is 1.07 bits per heavy atom. The van der Waals surface area contributed by atoms with E-state index in [1.54, 1.807) is 0 Å². The van der Waals surface area contributed by atoms with E-state index < -0.39 is 0 Å². The normalized spacial score (nSPS) is 16.2. The molecule has 0 saturated carbocycles. The fourth-order valence-electron chi connectivity index (χ4n) is 1.87. The lowest BCUT2D eigenvalue weighted by Crippen LogP contribution is -2.25. The van der Waals surface area contributed by atoms with Gasteiger partial charge >= 0.3 is 0 Å². The van der Waals surface area contributed by atoms with Crippen LogP contribution in [-0.2, 0) is 0 Å². The van der Waals surface area contributed by atoms with Gasteiger partial charge in [-0.2, -0.15) is 0 Å². The van der Waals surface area contributed by atoms with Gasteiger partial charge in [-0.1, -0.05) is 25.1 Å². The highest BCUT2D eigenvalue weighted by Crippen LogP contribution is 2.12. The van der Waals surface area contributed by atoms with Crippen LogP contribution in [0.1, 0.15) is 44.9 Å². The van der Waals surface area contributed by atoms with Crippen LogP contribution in [0.25, 0.3) is 0 Å². The fraction of sp³-hybridized carbons (Fsp3) is 0.909. The first-order valence-corrected chi connectivity index (χ1v) is 6.14. The molecule has 0 aromatic heterocycles. The van der Waals surface area contributed by atoms with Crippen molar-refractivity contribution in [2.75, 3.05) is 19.7 Å². The van der Waals surface area contributed by atoms with Crippen LogP contribution in [0.3, 0.4) is 0 Å². The maximum atomic E-state index is 8.61. The molecule has 0 aromatic rings. The second-order valence-corrected chi connectivity index (χ2v) is 4.45. The molecule has 0 radical (unpaired) electrons. The highest BCUT2D eigenvalue weighted by molar-refractivity contribution is 7.80. The molecule has 2 nitrogen and oxygen atoms in total. The SMILES string of the molecule is OCCCCCCC(=S)N1CCCC1. The molecule has 1 N–H and O–H groups in total. The summed E-state index contributed by atoms with van der Waals surface area (Å²) in [5, 5.41) is 8.61. The van der Waals surface area contributed by atoms with Crippen molar-refractivity contribution in [3.05, 3.63) is 0 Å². The maximum absolute atomic E-state index is 8.61. The quantitative estimate of drug-likeness (QED) is 0.543. The molecule has 1 fully saturated rings. The molecule has 0 unspecified atom stereocenters. The Balaban J connectivity index is 1.97. The van der Waals surface area contributed by atoms with Gasteiger partial charge in [-0.3, -0.25) is 0 Å². The predicted octanol–water partition coefficient (Wildman–Crippen LogP) is 2.35. The second-order valence-electron chi connectivity index (χ2n) is 3.98. The van der Waals surface area contributed by atoms with Crippen molar-refractivity contribution in [1.82, 2.24) is 4.90 Å². The molecule has 0 atom stereocenters. The van der Waals surface area contributed by atoms with Crippen molar-refractivity contribution < 1.29 is 5.11 Å². The summed E-state index contributed by atoms with van der Waals surface area (Å²) in [6.45, 7) is 2.68. The number of aliphatic hydroxyl groups is 1. The highest BCUT2D eigenvalue weighted by Gasteiger charge is 2.13. The molecule has 0 aromatic carbocycles. The van der Waals surface area contributed by atoms with E-state index in [9.17, 15) is 0 Å². The van der Waals surface area contributed by atoms with Crippen LogP contribution < -0.4 is 0 Å². The Hall–Kier alpha value is -0.150. The summed E-state index contributed by atoms with van der Waals surface area (Å²) in [6.07, 6.45) is 8.16. The third-order valence-corrected chi connectivity index (χ3v) is 3.22. The van der Waals surface area contributed by atoms with Crippen LogP contribution in [0, 0.1) is 0 Å². The summed E-state index contributed by atoms with van der Waals surface area (Å²) in [7, 11) is 0. The van der Waals surface area contributed by atoms with E-state index >= 15 is 0 Å². The molecule has 14 heavy (non-hydrogen) atoms. The average molecular weight is 215 g/mol. The number of thiocarbonyl (C=S) groups is 1. The van der Waals surface area contributed by atoms with E-state index in [4.69, 9.17) is 17.3 Å². The van der Waals surface area contributed by atoms with Crippen LogP contribution in [0.5, 0.6) is 0 Å². The lowest BCUT2D eigenvalue weighted by Gasteiger charge is -2.18. The number of hydrogen-bond acceptors (Lipinski definition) is 2. The van der Waals surface area contributed by atoms with Crippen LogP contribution in [-0.4, -0.2) is 34.7 Å². The van der Waals surface area contributed by atoms with E-state index in [0.717, 1.165) is 24.3 Å². The highest BCUT2D eigenvalue weighted by atomic mass is 32.1. The first-order chi connectivity index (χ1) is 6.84. The summed E-state index contributed by atoms with van der Waals surface area (Å²) in [4.78, 5) is 3.51. The number of nitrogens with zero attached hydrogens (tertiary/aromatic N) is 1. The molecule has 1 aliphatic heterocycles. The first kappa shape index (κ1) is 11.9. The number of aliphatic hydroxyl groups excluding tert-OH is 1. The van der Waals surface area contributed by atoms with Crippen LogP contribution >= 0.6 is 12.2 Å². The summed E-state index contributed by atoms with van der Waals surface area (Å²) in [5.74, 6) is 0. The van der Waals surface area contributed by atoms with Gasteiger partial charge in [-0.25, -0.2) is 0 Å². The van der Waals surface area contributed by atoms with E-state index in [2.05, 4.69) is 4.90 Å². The zero-order chi connectivity index (χ0) is 10.2. The molecule has 1 saturated heterocycles. The van der Waals surface area contributed by atoms with Crippen molar-refractivity contribution in [3.63, 3.8) is 0 Å². The molecule has 0 bridgehead atoms. The van der Waals surface area contributed by atoms with Gasteiger partial charge in [0.1, 0.15) is 0 Å². The lowest BCUT2D eigenvalue weighted by atomic mass is 10.1. The van der Waals surface area contributed by atoms with Crippen molar-refractivity contribution in [3.8, 4) is 0 Å². The van der Waals surface area contributed by atoms with Crippen molar-refractivity contribution in [2.24, 2.45) is 0 Å². The van der Waals surface area contributed by atoms with Gasteiger partial charge < -0.3 is 10.0 Å². The third-order valence-electron chi connectivity index (χ3n) is 2.76. The van der Waals surface area contributed by atoms with Crippen LogP contribution in [0.4, 0.5) is 0 Å². The molecule has 1 heterocycles. The topological polar surface area (TPSA) is 23.5 Å². The smallest absolute Gasteiger partial charge is 0.0779 e. The van der Waals surface area contributed by atoms with Crippen LogP contribution in [0.15, 0.2) is 0 Å². The monoisotopic (exact) mass is 215 g/mol. The van der Waals surface area contributed by atoms with Gasteiger partial charge in [-0.15, -0.1) is 0 Å². The zero-order valence-corrected chi connectivity index (χ0v) is 9.69. The Kier molecular flexibility index (Phi) is 6.12. The van der Waals surface area contributed by atoms with Gasteiger partial charge in [-0.05, 0) is 32.1 Å². The molecule has 1 aliphatic rings. The van der Waals surface area contributed by atoms with E-state index in [-0.39, 0.29) is 0 Å². The number of hydrogen-bond donors (Lipinski definition) is 1. The minimum absolute atomic E-state index is 0.330. The van der Waals surface area contributed by atoms with E-state index in [0.29, 0.717) is 6.61 Å². The standard InChI is InChI=1S/C11H21NOS/c13-10-6-2-1-3-7-11(14)12-8-4-5-9-12/h13H,1-10H2. The molecule has 0 amide bonds. The Bertz CT molecular complexity index is 167. The molecule has 1 rings (SSSR count). The molecule has 0 aliphatic carbocycles. The van der Waals surface area contributed by atoms with Gasteiger partial charge in [0.15, 0.2) is 0 Å². The lowest BCUT2D eigenvalue weighted by molar-refractivity contribution is 0.282. The number of rotatable bonds is 6. The van der Waals surface area contributed by atoms with Gasteiger partial charge in [0.25, 0.3) is 0 Å². The number of likely N-dealkylation sites (tertiary alicyclic amines) is 1. The van der Waals surface area contributed by atoms with E-state index in [1.165, 1.54) is 38.8 Å². The molecular weight excluding hydrogens is 194 g/mol. The molecule has 0 spiro atoms. The average Bonchev–Trinajstić information content (AvgIpc) is 2.70. The van der Waals surface area contributed by atoms with Gasteiger partial charge in [0, 0.05) is 19.7 Å². The van der Waals surface area contributed by atoms with Crippen LogP contribution in [0.2, 0.25) is 0 Å². The Labute approximate surface area is 92.3 Å². The molecular formula is C11H21NOS. The number of unbranched alkanes of at least 4 members (excludes halogenated alkanes) is 3. The van der Waals surface area contributed by atoms with Gasteiger partial charge in [0.05, 0.1) is 4.99 Å². The second kappa shape index (κ2) is 7.18. The van der Waals surface area contributed by atoms with Crippen molar-refractivity contribution >= 4 is 17.2 Å². The summed E-state index contributed by atoms with van der Waals surface area (Å²) in [6, 6.07) is 0. The zero-order valence-electron chi connectivity index (χ0n) is 8.87. The largest absolute Gasteiger partial charge is 0.396 e. The fourth-order valence-corrected chi connectivity index (χ4v) is 2.19.